The highest BCUT2D eigenvalue weighted by molar-refractivity contribution is 5.62. The molecule has 1 heterocycles. The van der Waals surface area contributed by atoms with Crippen molar-refractivity contribution in [3.63, 3.8) is 0 Å². The summed E-state index contributed by atoms with van der Waals surface area (Å²) in [6.45, 7) is 4.82. The molecule has 0 aliphatic carbocycles. The molecule has 0 radical (unpaired) electrons. The largest absolute Gasteiger partial charge is 0.379 e. The first-order valence-electron chi connectivity index (χ1n) is 6.84. The zero-order valence-electron chi connectivity index (χ0n) is 12.0. The molecule has 0 saturated carbocycles. The van der Waals surface area contributed by atoms with Crippen molar-refractivity contribution < 1.29 is 0 Å². The van der Waals surface area contributed by atoms with Crippen LogP contribution in [0.5, 0.6) is 0 Å². The highest BCUT2D eigenvalue weighted by atomic mass is 14.9. The molecule has 20 heavy (non-hydrogen) atoms. The van der Waals surface area contributed by atoms with Crippen molar-refractivity contribution in [2.75, 3.05) is 5.32 Å². The maximum absolute atomic E-state index is 4.68. The van der Waals surface area contributed by atoms with Gasteiger partial charge in [0.2, 0.25) is 0 Å². The number of anilines is 1. The predicted molar refractivity (Wildman–Crippen MR) is 86.5 cm³/mol. The zero-order chi connectivity index (χ0) is 14.2. The summed E-state index contributed by atoms with van der Waals surface area (Å²) in [5, 5.41) is 3.37. The van der Waals surface area contributed by atoms with Crippen LogP contribution in [0.25, 0.3) is 5.57 Å². The van der Waals surface area contributed by atoms with Crippen molar-refractivity contribution >= 4 is 11.3 Å². The molecule has 0 amide bonds. The summed E-state index contributed by atoms with van der Waals surface area (Å²) in [6.07, 6.45) is 6.13. The standard InChI is InChI=1S/C18H20N2/c1-3-4-9-15(2)18-13-8-12-17(20-18)14-19-16-10-6-5-7-11-16/h3-13,19H,14H2,1-2H3/b4-3+,15-9+. The Morgan fingerprint density at radius 3 is 2.65 bits per heavy atom. The van der Waals surface area contributed by atoms with Gasteiger partial charge in [0.1, 0.15) is 0 Å². The van der Waals surface area contributed by atoms with E-state index in [0.717, 1.165) is 23.6 Å². The molecule has 1 N–H and O–H groups in total. The number of allylic oxidation sites excluding steroid dienone is 4. The number of nitrogens with one attached hydrogen (secondary N) is 1. The van der Waals surface area contributed by atoms with E-state index in [1.165, 1.54) is 5.57 Å². The molecule has 0 atom stereocenters. The quantitative estimate of drug-likeness (QED) is 0.794. The number of hydrogen-bond acceptors (Lipinski definition) is 2. The Labute approximate surface area is 120 Å². The fourth-order valence-electron chi connectivity index (χ4n) is 1.87. The summed E-state index contributed by atoms with van der Waals surface area (Å²) < 4.78 is 0. The molecular weight excluding hydrogens is 244 g/mol. The summed E-state index contributed by atoms with van der Waals surface area (Å²) >= 11 is 0. The molecule has 1 aromatic carbocycles. The second kappa shape index (κ2) is 7.29. The molecule has 0 spiro atoms. The highest BCUT2D eigenvalue weighted by Gasteiger charge is 1.99. The topological polar surface area (TPSA) is 24.9 Å². The Hall–Kier alpha value is -2.35. The molecule has 1 aromatic heterocycles. The zero-order valence-corrected chi connectivity index (χ0v) is 12.0. The van der Waals surface area contributed by atoms with Gasteiger partial charge in [-0.1, -0.05) is 42.5 Å². The highest BCUT2D eigenvalue weighted by Crippen LogP contribution is 2.13. The van der Waals surface area contributed by atoms with E-state index in [0.29, 0.717) is 0 Å². The third-order valence-corrected chi connectivity index (χ3v) is 3.00. The SMILES string of the molecule is C/C=C/C=C(\C)c1cccc(CNc2ccccc2)n1. The van der Waals surface area contributed by atoms with Crippen LogP contribution < -0.4 is 5.32 Å². The Balaban J connectivity index is 2.06. The maximum atomic E-state index is 4.68. The van der Waals surface area contributed by atoms with E-state index in [-0.39, 0.29) is 0 Å². The van der Waals surface area contributed by atoms with Crippen LogP contribution in [0.15, 0.2) is 66.8 Å². The molecule has 2 nitrogen and oxygen atoms in total. The van der Waals surface area contributed by atoms with Gasteiger partial charge in [0.25, 0.3) is 0 Å². The van der Waals surface area contributed by atoms with Crippen LogP contribution in [0.4, 0.5) is 5.69 Å². The van der Waals surface area contributed by atoms with E-state index >= 15 is 0 Å². The summed E-state index contributed by atoms with van der Waals surface area (Å²) in [7, 11) is 0. The monoisotopic (exact) mass is 264 g/mol. The van der Waals surface area contributed by atoms with Crippen LogP contribution >= 0.6 is 0 Å². The van der Waals surface area contributed by atoms with Crippen LogP contribution in [0.1, 0.15) is 25.2 Å². The Bertz CT molecular complexity index is 598. The average Bonchev–Trinajstić information content (AvgIpc) is 2.52. The van der Waals surface area contributed by atoms with Gasteiger partial charge < -0.3 is 5.32 Å². The van der Waals surface area contributed by atoms with Gasteiger partial charge in [0.15, 0.2) is 0 Å². The molecule has 2 heteroatoms. The molecule has 0 aliphatic rings. The molecular formula is C18H20N2. The summed E-state index contributed by atoms with van der Waals surface area (Å²) in [6, 6.07) is 16.3. The fourth-order valence-corrected chi connectivity index (χ4v) is 1.87. The Morgan fingerprint density at radius 2 is 1.90 bits per heavy atom. The summed E-state index contributed by atoms with van der Waals surface area (Å²) in [4.78, 5) is 4.68. The average molecular weight is 264 g/mol. The van der Waals surface area contributed by atoms with Gasteiger partial charge >= 0.3 is 0 Å². The van der Waals surface area contributed by atoms with Crippen molar-refractivity contribution in [1.29, 1.82) is 0 Å². The van der Waals surface area contributed by atoms with E-state index in [2.05, 4.69) is 41.5 Å². The number of para-hydroxylation sites is 1. The van der Waals surface area contributed by atoms with Crippen LogP contribution in [-0.2, 0) is 6.54 Å². The lowest BCUT2D eigenvalue weighted by Crippen LogP contribution is -2.02. The normalized spacial score (nSPS) is 11.8. The minimum atomic E-state index is 0.731. The first-order valence-corrected chi connectivity index (χ1v) is 6.84. The van der Waals surface area contributed by atoms with E-state index in [4.69, 9.17) is 0 Å². The van der Waals surface area contributed by atoms with Crippen LogP contribution in [0.2, 0.25) is 0 Å². The molecule has 2 rings (SSSR count). The third kappa shape index (κ3) is 4.09. The van der Waals surface area contributed by atoms with Gasteiger partial charge in [-0.25, -0.2) is 0 Å². The second-order valence-corrected chi connectivity index (χ2v) is 4.61. The second-order valence-electron chi connectivity index (χ2n) is 4.61. The van der Waals surface area contributed by atoms with Gasteiger partial charge in [-0.15, -0.1) is 0 Å². The summed E-state index contributed by atoms with van der Waals surface area (Å²) in [5.41, 5.74) is 4.35. The molecule has 0 unspecified atom stereocenters. The number of nitrogens with zero attached hydrogens (tertiary/aromatic N) is 1. The lowest BCUT2D eigenvalue weighted by atomic mass is 10.1. The lowest BCUT2D eigenvalue weighted by Gasteiger charge is -2.07. The van der Waals surface area contributed by atoms with Crippen molar-refractivity contribution in [3.05, 3.63) is 78.1 Å². The number of benzene rings is 1. The van der Waals surface area contributed by atoms with Crippen molar-refractivity contribution in [3.8, 4) is 0 Å². The summed E-state index contributed by atoms with van der Waals surface area (Å²) in [5.74, 6) is 0. The first-order chi connectivity index (χ1) is 9.79. The molecule has 0 saturated heterocycles. The predicted octanol–water partition coefficient (Wildman–Crippen LogP) is 4.67. The molecule has 0 bridgehead atoms. The number of hydrogen-bond donors (Lipinski definition) is 1. The van der Waals surface area contributed by atoms with Crippen molar-refractivity contribution in [2.24, 2.45) is 0 Å². The number of rotatable bonds is 5. The van der Waals surface area contributed by atoms with Gasteiger partial charge in [0, 0.05) is 5.69 Å². The van der Waals surface area contributed by atoms with Crippen molar-refractivity contribution in [2.45, 2.75) is 20.4 Å². The van der Waals surface area contributed by atoms with E-state index in [1.807, 2.05) is 49.4 Å². The van der Waals surface area contributed by atoms with E-state index in [1.54, 1.807) is 0 Å². The molecule has 0 aliphatic heterocycles. The third-order valence-electron chi connectivity index (χ3n) is 3.00. The lowest BCUT2D eigenvalue weighted by molar-refractivity contribution is 1.03. The van der Waals surface area contributed by atoms with Crippen LogP contribution in [0, 0.1) is 0 Å². The minimum Gasteiger partial charge on any atom is -0.379 e. The number of pyridine rings is 1. The maximum Gasteiger partial charge on any atom is 0.0662 e. The van der Waals surface area contributed by atoms with Gasteiger partial charge in [-0.2, -0.15) is 0 Å². The van der Waals surface area contributed by atoms with E-state index < -0.39 is 0 Å². The van der Waals surface area contributed by atoms with Gasteiger partial charge in [0.05, 0.1) is 17.9 Å². The Morgan fingerprint density at radius 1 is 1.10 bits per heavy atom. The van der Waals surface area contributed by atoms with Gasteiger partial charge in [-0.05, 0) is 43.7 Å². The van der Waals surface area contributed by atoms with Crippen molar-refractivity contribution in [1.82, 2.24) is 4.98 Å². The minimum absolute atomic E-state index is 0.731. The molecule has 2 aromatic rings. The van der Waals surface area contributed by atoms with E-state index in [9.17, 15) is 0 Å². The first kappa shape index (κ1) is 14.1. The molecule has 0 fully saturated rings. The fraction of sp³-hybridized carbons (Fsp3) is 0.167. The molecule has 102 valence electrons. The smallest absolute Gasteiger partial charge is 0.0662 e. The van der Waals surface area contributed by atoms with Crippen LogP contribution in [0.3, 0.4) is 0 Å². The number of aromatic nitrogens is 1. The van der Waals surface area contributed by atoms with Gasteiger partial charge in [-0.3, -0.25) is 4.98 Å². The Kier molecular flexibility index (Phi) is 5.13. The van der Waals surface area contributed by atoms with Crippen LogP contribution in [-0.4, -0.2) is 4.98 Å².